The lowest BCUT2D eigenvalue weighted by Crippen LogP contribution is -2.23. The van der Waals surface area contributed by atoms with Crippen LogP contribution in [0.5, 0.6) is 0 Å². The van der Waals surface area contributed by atoms with Crippen molar-refractivity contribution in [2.24, 2.45) is 5.41 Å². The molecule has 2 rings (SSSR count). The van der Waals surface area contributed by atoms with Crippen LogP contribution in [0, 0.1) is 5.41 Å². The van der Waals surface area contributed by atoms with Gasteiger partial charge in [-0.1, -0.05) is 45.0 Å². The second-order valence-corrected chi connectivity index (χ2v) is 6.17. The van der Waals surface area contributed by atoms with Gasteiger partial charge in [-0.05, 0) is 36.3 Å². The third-order valence-corrected chi connectivity index (χ3v) is 3.76. The lowest BCUT2D eigenvalue weighted by Gasteiger charge is -2.27. The monoisotopic (exact) mass is 230 g/mol. The third kappa shape index (κ3) is 2.77. The molecule has 0 bridgehead atoms. The molecule has 0 radical (unpaired) electrons. The third-order valence-electron chi connectivity index (χ3n) is 3.76. The maximum Gasteiger partial charge on any atom is 0.138 e. The molecule has 1 unspecified atom stereocenters. The van der Waals surface area contributed by atoms with Gasteiger partial charge in [-0.2, -0.15) is 0 Å². The maximum absolute atomic E-state index is 12.1. The highest BCUT2D eigenvalue weighted by molar-refractivity contribution is 5.84. The van der Waals surface area contributed by atoms with Crippen LogP contribution in [0.25, 0.3) is 0 Å². The summed E-state index contributed by atoms with van der Waals surface area (Å²) in [6.45, 7) is 6.05. The van der Waals surface area contributed by atoms with Gasteiger partial charge in [0.1, 0.15) is 5.78 Å². The van der Waals surface area contributed by atoms with Crippen LogP contribution in [0.1, 0.15) is 57.1 Å². The summed E-state index contributed by atoms with van der Waals surface area (Å²) in [5.41, 5.74) is 2.66. The quantitative estimate of drug-likeness (QED) is 0.747. The lowest BCUT2D eigenvalue weighted by molar-refractivity contribution is -0.126. The average molecular weight is 230 g/mol. The maximum atomic E-state index is 12.1. The van der Waals surface area contributed by atoms with E-state index in [0.29, 0.717) is 18.1 Å². The predicted octanol–water partition coefficient (Wildman–Crippen LogP) is 4.11. The molecule has 92 valence electrons. The molecule has 1 atom stereocenters. The van der Waals surface area contributed by atoms with Crippen molar-refractivity contribution in [3.8, 4) is 0 Å². The molecule has 0 spiro atoms. The van der Waals surface area contributed by atoms with E-state index >= 15 is 0 Å². The van der Waals surface area contributed by atoms with E-state index in [-0.39, 0.29) is 5.41 Å². The second kappa shape index (κ2) is 4.64. The van der Waals surface area contributed by atoms with Crippen LogP contribution >= 0.6 is 0 Å². The summed E-state index contributed by atoms with van der Waals surface area (Å²) < 4.78 is 0. The van der Waals surface area contributed by atoms with Gasteiger partial charge in [0.2, 0.25) is 0 Å². The zero-order valence-corrected chi connectivity index (χ0v) is 11.1. The smallest absolute Gasteiger partial charge is 0.138 e. The molecule has 1 aromatic rings. The summed E-state index contributed by atoms with van der Waals surface area (Å²) in [5, 5.41) is 0. The molecular weight excluding hydrogens is 208 g/mol. The summed E-state index contributed by atoms with van der Waals surface area (Å²) in [7, 11) is 0. The van der Waals surface area contributed by atoms with Crippen molar-refractivity contribution in [3.63, 3.8) is 0 Å². The van der Waals surface area contributed by atoms with Gasteiger partial charge in [0.15, 0.2) is 0 Å². The van der Waals surface area contributed by atoms with E-state index in [2.05, 4.69) is 24.3 Å². The minimum atomic E-state index is -0.202. The van der Waals surface area contributed by atoms with Crippen LogP contribution in [0.4, 0.5) is 0 Å². The van der Waals surface area contributed by atoms with Gasteiger partial charge < -0.3 is 0 Å². The molecule has 0 heterocycles. The fourth-order valence-electron chi connectivity index (χ4n) is 2.60. The van der Waals surface area contributed by atoms with Crippen molar-refractivity contribution < 1.29 is 4.79 Å². The van der Waals surface area contributed by atoms with Gasteiger partial charge in [0.05, 0.1) is 0 Å². The highest BCUT2D eigenvalue weighted by atomic mass is 16.1. The minimum Gasteiger partial charge on any atom is -0.299 e. The van der Waals surface area contributed by atoms with Crippen molar-refractivity contribution in [2.45, 2.75) is 52.4 Å². The molecule has 0 fully saturated rings. The molecule has 0 N–H and O–H groups in total. The topological polar surface area (TPSA) is 17.1 Å². The van der Waals surface area contributed by atoms with Crippen LogP contribution in [-0.4, -0.2) is 5.78 Å². The first-order valence-corrected chi connectivity index (χ1v) is 6.59. The largest absolute Gasteiger partial charge is 0.299 e. The summed E-state index contributed by atoms with van der Waals surface area (Å²) >= 11 is 0. The number of hydrogen-bond acceptors (Lipinski definition) is 1. The van der Waals surface area contributed by atoms with E-state index in [1.807, 2.05) is 20.8 Å². The molecule has 1 aliphatic rings. The van der Waals surface area contributed by atoms with Crippen LogP contribution < -0.4 is 0 Å². The number of carbonyl (C=O) groups is 1. The van der Waals surface area contributed by atoms with Crippen LogP contribution in [0.2, 0.25) is 0 Å². The fraction of sp³-hybridized carbons (Fsp3) is 0.562. The number of Topliss-reactive ketones (excluding diaryl/α,β-unsaturated/α-hetero) is 1. The van der Waals surface area contributed by atoms with Gasteiger partial charge in [0, 0.05) is 11.8 Å². The van der Waals surface area contributed by atoms with Crippen molar-refractivity contribution in [1.29, 1.82) is 0 Å². The molecule has 0 amide bonds. The Labute approximate surface area is 104 Å². The Morgan fingerprint density at radius 2 is 2.00 bits per heavy atom. The summed E-state index contributed by atoms with van der Waals surface area (Å²) in [5.74, 6) is 0.839. The van der Waals surface area contributed by atoms with Gasteiger partial charge in [-0.15, -0.1) is 0 Å². The van der Waals surface area contributed by atoms with Crippen molar-refractivity contribution >= 4 is 5.78 Å². The van der Waals surface area contributed by atoms with E-state index < -0.39 is 0 Å². The first kappa shape index (κ1) is 12.3. The zero-order valence-electron chi connectivity index (χ0n) is 11.1. The second-order valence-electron chi connectivity index (χ2n) is 6.17. The number of rotatable bonds is 2. The summed E-state index contributed by atoms with van der Waals surface area (Å²) in [4.78, 5) is 12.1. The normalized spacial score (nSPS) is 19.8. The van der Waals surface area contributed by atoms with Crippen molar-refractivity contribution in [3.05, 3.63) is 35.4 Å². The highest BCUT2D eigenvalue weighted by Gasteiger charge is 2.27. The molecule has 1 aromatic carbocycles. The van der Waals surface area contributed by atoms with E-state index in [4.69, 9.17) is 0 Å². The Morgan fingerprint density at radius 3 is 2.71 bits per heavy atom. The van der Waals surface area contributed by atoms with Gasteiger partial charge in [-0.25, -0.2) is 0 Å². The number of aryl methyl sites for hydroxylation is 1. The number of carbonyl (C=O) groups excluding carboxylic acids is 1. The number of fused-ring (bicyclic) bond motifs is 1. The predicted molar refractivity (Wildman–Crippen MR) is 71.2 cm³/mol. The minimum absolute atomic E-state index is 0.202. The Morgan fingerprint density at radius 1 is 1.29 bits per heavy atom. The molecule has 1 nitrogen and oxygen atoms in total. The first-order valence-electron chi connectivity index (χ1n) is 6.59. The van der Waals surface area contributed by atoms with E-state index in [1.165, 1.54) is 30.4 Å². The number of hydrogen-bond donors (Lipinski definition) is 0. The molecule has 0 saturated carbocycles. The molecule has 1 aliphatic carbocycles. The average Bonchev–Trinajstić information content (AvgIpc) is 2.28. The molecule has 17 heavy (non-hydrogen) atoms. The Balaban J connectivity index is 2.17. The van der Waals surface area contributed by atoms with E-state index in [9.17, 15) is 4.79 Å². The molecule has 0 saturated heterocycles. The molecule has 0 aromatic heterocycles. The standard InChI is InChI=1S/C16H22O/c1-16(2,3)15(17)11-13-9-6-8-12-7-4-5-10-14(12)13/h4-5,7,10,13H,6,8-9,11H2,1-3H3. The Hall–Kier alpha value is -1.11. The molecule has 0 aliphatic heterocycles. The number of ketones is 1. The summed E-state index contributed by atoms with van der Waals surface area (Å²) in [6, 6.07) is 8.61. The number of benzene rings is 1. The van der Waals surface area contributed by atoms with Gasteiger partial charge in [-0.3, -0.25) is 4.79 Å². The van der Waals surface area contributed by atoms with Gasteiger partial charge in [0.25, 0.3) is 0 Å². The zero-order chi connectivity index (χ0) is 12.5. The van der Waals surface area contributed by atoms with Crippen molar-refractivity contribution in [2.75, 3.05) is 0 Å². The van der Waals surface area contributed by atoms with Crippen LogP contribution in [0.3, 0.4) is 0 Å². The summed E-state index contributed by atoms with van der Waals surface area (Å²) in [6.07, 6.45) is 4.27. The first-order chi connectivity index (χ1) is 7.98. The molecule has 1 heteroatoms. The van der Waals surface area contributed by atoms with Crippen LogP contribution in [0.15, 0.2) is 24.3 Å². The van der Waals surface area contributed by atoms with Crippen molar-refractivity contribution in [1.82, 2.24) is 0 Å². The van der Waals surface area contributed by atoms with Crippen LogP contribution in [-0.2, 0) is 11.2 Å². The van der Waals surface area contributed by atoms with E-state index in [1.54, 1.807) is 0 Å². The SMILES string of the molecule is CC(C)(C)C(=O)CC1CCCc2ccccc21. The Bertz CT molecular complexity index is 412. The lowest BCUT2D eigenvalue weighted by atomic mass is 9.76. The van der Waals surface area contributed by atoms with Gasteiger partial charge >= 0.3 is 0 Å². The fourth-order valence-corrected chi connectivity index (χ4v) is 2.60. The Kier molecular flexibility index (Phi) is 3.37. The molecular formula is C16H22O. The van der Waals surface area contributed by atoms with E-state index in [0.717, 1.165) is 0 Å². The highest BCUT2D eigenvalue weighted by Crippen LogP contribution is 2.35.